The lowest BCUT2D eigenvalue weighted by Crippen LogP contribution is -2.19. The number of rotatable bonds is 6. The minimum atomic E-state index is -4.00. The lowest BCUT2D eigenvalue weighted by molar-refractivity contribution is 0.145. The molecule has 0 spiro atoms. The molecule has 0 saturated carbocycles. The van der Waals surface area contributed by atoms with E-state index in [2.05, 4.69) is 5.32 Å². The Balaban J connectivity index is 3.04. The maximum atomic E-state index is 12.6. The van der Waals surface area contributed by atoms with Gasteiger partial charge in [0.2, 0.25) is 0 Å². The van der Waals surface area contributed by atoms with Gasteiger partial charge in [0.15, 0.2) is 0 Å². The molecule has 1 N–H and O–H groups in total. The molecule has 1 aromatic rings. The maximum absolute atomic E-state index is 12.6. The van der Waals surface area contributed by atoms with Gasteiger partial charge in [0.05, 0.1) is 27.9 Å². The van der Waals surface area contributed by atoms with E-state index in [0.717, 1.165) is 0 Å². The normalized spacial score (nSPS) is 12.0. The summed E-state index contributed by atoms with van der Waals surface area (Å²) in [6.45, 7) is 6.64. The smallest absolute Gasteiger partial charge is 0.313 e. The van der Waals surface area contributed by atoms with Crippen LogP contribution in [0, 0.1) is 0 Å². The van der Waals surface area contributed by atoms with Crippen molar-refractivity contribution in [3.05, 3.63) is 28.2 Å². The predicted molar refractivity (Wildman–Crippen MR) is 85.5 cm³/mol. The molecule has 118 valence electrons. The molecular weight excluding hydrogens is 336 g/mol. The zero-order valence-corrected chi connectivity index (χ0v) is 14.6. The van der Waals surface area contributed by atoms with E-state index in [-0.39, 0.29) is 15.7 Å². The van der Waals surface area contributed by atoms with Crippen LogP contribution in [0.1, 0.15) is 27.7 Å². The SMILES string of the molecule is CC(C)OP(=O)(OC(C)C)C(=O)Nc1c(Cl)cccc1Cl. The number of carbonyl (C=O) groups is 1. The molecule has 1 amide bonds. The van der Waals surface area contributed by atoms with Crippen LogP contribution in [0.15, 0.2) is 18.2 Å². The van der Waals surface area contributed by atoms with Gasteiger partial charge in [-0.3, -0.25) is 13.8 Å². The molecule has 0 bridgehead atoms. The highest BCUT2D eigenvalue weighted by Crippen LogP contribution is 2.52. The summed E-state index contributed by atoms with van der Waals surface area (Å²) in [5, 5.41) is 2.88. The van der Waals surface area contributed by atoms with Crippen LogP contribution in [0.4, 0.5) is 10.5 Å². The largest absolute Gasteiger partial charge is 0.419 e. The number of hydrogen-bond donors (Lipinski definition) is 1. The quantitative estimate of drug-likeness (QED) is 0.679. The second kappa shape index (κ2) is 7.61. The molecule has 21 heavy (non-hydrogen) atoms. The summed E-state index contributed by atoms with van der Waals surface area (Å²) in [5.74, 6) is 0. The summed E-state index contributed by atoms with van der Waals surface area (Å²) >= 11 is 11.9. The number of hydrogen-bond acceptors (Lipinski definition) is 4. The number of anilines is 1. The van der Waals surface area contributed by atoms with Crippen molar-refractivity contribution in [2.45, 2.75) is 39.9 Å². The van der Waals surface area contributed by atoms with Crippen LogP contribution in [0.2, 0.25) is 10.0 Å². The number of nitrogens with one attached hydrogen (secondary N) is 1. The van der Waals surface area contributed by atoms with Crippen molar-refractivity contribution in [1.29, 1.82) is 0 Å². The molecule has 0 saturated heterocycles. The molecule has 1 aromatic carbocycles. The highest BCUT2D eigenvalue weighted by molar-refractivity contribution is 7.72. The molecule has 0 aliphatic carbocycles. The fourth-order valence-electron chi connectivity index (χ4n) is 1.47. The van der Waals surface area contributed by atoms with Crippen molar-refractivity contribution in [1.82, 2.24) is 0 Å². The van der Waals surface area contributed by atoms with E-state index in [4.69, 9.17) is 32.2 Å². The highest BCUT2D eigenvalue weighted by Gasteiger charge is 2.38. The first kappa shape index (κ1) is 18.5. The lowest BCUT2D eigenvalue weighted by Gasteiger charge is -2.22. The fraction of sp³-hybridized carbons (Fsp3) is 0.462. The van der Waals surface area contributed by atoms with Crippen molar-refractivity contribution in [3.63, 3.8) is 0 Å². The van der Waals surface area contributed by atoms with Gasteiger partial charge in [0.25, 0.3) is 0 Å². The summed E-state index contributed by atoms with van der Waals surface area (Å²) < 4.78 is 23.0. The lowest BCUT2D eigenvalue weighted by atomic mass is 10.3. The van der Waals surface area contributed by atoms with Gasteiger partial charge >= 0.3 is 13.2 Å². The van der Waals surface area contributed by atoms with E-state index >= 15 is 0 Å². The van der Waals surface area contributed by atoms with E-state index in [1.54, 1.807) is 45.9 Å². The topological polar surface area (TPSA) is 64.6 Å². The number of amides is 1. The predicted octanol–water partition coefficient (Wildman–Crippen LogP) is 5.57. The number of benzene rings is 1. The first-order chi connectivity index (χ1) is 9.65. The molecule has 8 heteroatoms. The van der Waals surface area contributed by atoms with Gasteiger partial charge in [-0.1, -0.05) is 29.3 Å². The van der Waals surface area contributed by atoms with Crippen molar-refractivity contribution in [2.75, 3.05) is 5.32 Å². The molecule has 0 aliphatic rings. The van der Waals surface area contributed by atoms with Crippen molar-refractivity contribution in [2.24, 2.45) is 0 Å². The van der Waals surface area contributed by atoms with Crippen molar-refractivity contribution >= 4 is 42.1 Å². The Labute approximate surface area is 134 Å². The summed E-state index contributed by atoms with van der Waals surface area (Å²) in [4.78, 5) is 12.3. The monoisotopic (exact) mass is 353 g/mol. The Kier molecular flexibility index (Phi) is 6.70. The Hall–Kier alpha value is -0.580. The fourth-order valence-corrected chi connectivity index (χ4v) is 3.56. The van der Waals surface area contributed by atoms with Crippen LogP contribution in [-0.4, -0.2) is 17.9 Å². The van der Waals surface area contributed by atoms with Gasteiger partial charge in [-0.25, -0.2) is 4.57 Å². The van der Waals surface area contributed by atoms with Gasteiger partial charge in [0, 0.05) is 0 Å². The number of halogens is 2. The molecule has 0 unspecified atom stereocenters. The number of carbonyl (C=O) groups excluding carboxylic acids is 1. The maximum Gasteiger partial charge on any atom is 0.419 e. The van der Waals surface area contributed by atoms with E-state index in [0.29, 0.717) is 0 Å². The van der Waals surface area contributed by atoms with Crippen LogP contribution in [0.25, 0.3) is 0 Å². The zero-order valence-electron chi connectivity index (χ0n) is 12.2. The van der Waals surface area contributed by atoms with Gasteiger partial charge in [-0.05, 0) is 39.8 Å². The summed E-state index contributed by atoms with van der Waals surface area (Å²) in [6.07, 6.45) is -0.885. The number of para-hydroxylation sites is 1. The van der Waals surface area contributed by atoms with Crippen molar-refractivity contribution < 1.29 is 18.4 Å². The van der Waals surface area contributed by atoms with Gasteiger partial charge in [0.1, 0.15) is 0 Å². The minimum Gasteiger partial charge on any atom is -0.313 e. The average Bonchev–Trinajstić information content (AvgIpc) is 2.31. The van der Waals surface area contributed by atoms with E-state index in [1.165, 1.54) is 0 Å². The highest BCUT2D eigenvalue weighted by atomic mass is 35.5. The molecule has 0 aliphatic heterocycles. The van der Waals surface area contributed by atoms with E-state index in [1.807, 2.05) is 0 Å². The van der Waals surface area contributed by atoms with Crippen LogP contribution in [0.5, 0.6) is 0 Å². The Morgan fingerprint density at radius 2 is 1.52 bits per heavy atom. The molecular formula is C13H18Cl2NO4P. The molecule has 1 rings (SSSR count). The van der Waals surface area contributed by atoms with E-state index < -0.39 is 25.5 Å². The third-order valence-electron chi connectivity index (χ3n) is 2.14. The standard InChI is InChI=1S/C13H18Cl2NO4P/c1-8(2)19-21(18,20-9(3)4)13(17)16-12-10(14)6-5-7-11(12)15/h5-9H,1-4H3,(H,16,17). The first-order valence-electron chi connectivity index (χ1n) is 6.38. The zero-order chi connectivity index (χ0) is 16.2. The summed E-state index contributed by atoms with van der Waals surface area (Å²) in [6, 6.07) is 4.75. The van der Waals surface area contributed by atoms with Crippen molar-refractivity contribution in [3.8, 4) is 0 Å². The Morgan fingerprint density at radius 1 is 1.10 bits per heavy atom. The van der Waals surface area contributed by atoms with Crippen LogP contribution >= 0.6 is 30.8 Å². The van der Waals surface area contributed by atoms with Crippen LogP contribution in [-0.2, 0) is 13.6 Å². The molecule has 0 radical (unpaired) electrons. The van der Waals surface area contributed by atoms with Gasteiger partial charge < -0.3 is 5.32 Å². The molecule has 0 heterocycles. The first-order valence-corrected chi connectivity index (χ1v) is 8.68. The molecule has 0 atom stereocenters. The third-order valence-corrected chi connectivity index (χ3v) is 4.78. The summed E-state index contributed by atoms with van der Waals surface area (Å²) in [7, 11) is -4.00. The van der Waals surface area contributed by atoms with Gasteiger partial charge in [-0.15, -0.1) is 0 Å². The van der Waals surface area contributed by atoms with E-state index in [9.17, 15) is 9.36 Å². The third kappa shape index (κ3) is 5.28. The second-order valence-corrected chi connectivity index (χ2v) is 7.47. The van der Waals surface area contributed by atoms with Crippen LogP contribution < -0.4 is 5.32 Å². The average molecular weight is 354 g/mol. The summed E-state index contributed by atoms with van der Waals surface area (Å²) in [5.41, 5.74) is -0.731. The van der Waals surface area contributed by atoms with Gasteiger partial charge in [-0.2, -0.15) is 0 Å². The molecule has 5 nitrogen and oxygen atoms in total. The second-order valence-electron chi connectivity index (χ2n) is 4.83. The molecule has 0 fully saturated rings. The molecule has 0 aromatic heterocycles. The Bertz CT molecular complexity index is 529. The minimum absolute atomic E-state index is 0.172. The van der Waals surface area contributed by atoms with Crippen LogP contribution in [0.3, 0.4) is 0 Å². The Morgan fingerprint density at radius 3 is 1.90 bits per heavy atom.